The van der Waals surface area contributed by atoms with E-state index in [1.54, 1.807) is 36.4 Å². The van der Waals surface area contributed by atoms with E-state index < -0.39 is 94.1 Å². The number of hydrogen-bond acceptors (Lipinski definition) is 15. The Hall–Kier alpha value is -5.03. The zero-order chi connectivity index (χ0) is 44.2. The molecular weight excluding hydrogens is 789 g/mol. The highest BCUT2D eigenvalue weighted by atomic mass is 32.2. The van der Waals surface area contributed by atoms with Crippen molar-refractivity contribution in [2.24, 2.45) is 5.41 Å². The van der Waals surface area contributed by atoms with Gasteiger partial charge in [0.25, 0.3) is 5.91 Å². The highest BCUT2D eigenvalue weighted by molar-refractivity contribution is 7.91. The van der Waals surface area contributed by atoms with Crippen molar-refractivity contribution in [3.8, 4) is 0 Å². The third kappa shape index (κ3) is 13.0. The molecule has 17 heteroatoms. The van der Waals surface area contributed by atoms with Gasteiger partial charge in [-0.05, 0) is 54.3 Å². The number of benzene rings is 2. The number of aliphatic hydroxyl groups excluding tert-OH is 1. The van der Waals surface area contributed by atoms with Crippen LogP contribution in [0.2, 0.25) is 0 Å². The minimum Gasteiger partial charge on any atom is -0.462 e. The van der Waals surface area contributed by atoms with Crippen molar-refractivity contribution in [1.82, 2.24) is 0 Å². The molecule has 0 bridgehead atoms. The molecule has 0 fully saturated rings. The van der Waals surface area contributed by atoms with Crippen molar-refractivity contribution in [1.29, 1.82) is 0 Å². The topological polar surface area (TPSA) is 218 Å². The van der Waals surface area contributed by atoms with Crippen LogP contribution in [0.25, 0.3) is 0 Å². The molecule has 0 saturated carbocycles. The smallest absolute Gasteiger partial charge is 0.303 e. The van der Waals surface area contributed by atoms with Gasteiger partial charge in [0, 0.05) is 71.4 Å². The Bertz CT molecular complexity index is 1940. The Morgan fingerprint density at radius 1 is 0.797 bits per heavy atom. The van der Waals surface area contributed by atoms with E-state index in [1.807, 2.05) is 32.8 Å². The Balaban J connectivity index is 2.24. The molecule has 3 rings (SSSR count). The van der Waals surface area contributed by atoms with Gasteiger partial charge < -0.3 is 39.0 Å². The molecule has 1 heterocycles. The van der Waals surface area contributed by atoms with Crippen molar-refractivity contribution >= 4 is 57.0 Å². The van der Waals surface area contributed by atoms with Crippen LogP contribution < -0.4 is 10.2 Å². The highest BCUT2D eigenvalue weighted by Crippen LogP contribution is 2.50. The molecule has 59 heavy (non-hydrogen) atoms. The number of esters is 5. The normalized spacial score (nSPS) is 18.6. The maximum absolute atomic E-state index is 14.3. The van der Waals surface area contributed by atoms with Crippen molar-refractivity contribution in [3.05, 3.63) is 53.6 Å². The summed E-state index contributed by atoms with van der Waals surface area (Å²) in [7, 11) is -0.268. The van der Waals surface area contributed by atoms with Crippen molar-refractivity contribution in [3.63, 3.8) is 0 Å². The van der Waals surface area contributed by atoms with E-state index in [0.29, 0.717) is 42.5 Å². The number of fused-ring (bicyclic) bond motifs is 1. The van der Waals surface area contributed by atoms with Crippen LogP contribution >= 0.6 is 0 Å². The molecule has 0 radical (unpaired) electrons. The lowest BCUT2D eigenvalue weighted by Crippen LogP contribution is -2.56. The standard InChI is InChI=1S/C42H58N2O14S/c1-10-12-19-42(20-13-11-2)24-59(52,53)35-18-17-32(44(8)9)22-33(35)36(40(42)50)30-15-14-16-31(21-30)43-41(51)39(58-29(7)49)38(57-28(6)48)37(56-27(5)47)34(55-26(4)46)23-54-25(3)45/h14-18,21-22,34,36-40,50H,10-13,19-20,23-24H2,1-9H3,(H,43,51)/t34-,36?,37-,38+,39-,40-/m1/s1. The first kappa shape index (κ1) is 48.3. The van der Waals surface area contributed by atoms with Gasteiger partial charge in [-0.25, -0.2) is 8.42 Å². The molecule has 1 aliphatic heterocycles. The van der Waals surface area contributed by atoms with E-state index in [2.05, 4.69) is 5.32 Å². The molecule has 2 aromatic rings. The summed E-state index contributed by atoms with van der Waals surface area (Å²) in [5.74, 6) is -6.90. The van der Waals surface area contributed by atoms with Gasteiger partial charge in [0.2, 0.25) is 6.10 Å². The molecule has 326 valence electrons. The summed E-state index contributed by atoms with van der Waals surface area (Å²) in [5, 5.41) is 15.3. The minimum absolute atomic E-state index is 0.100. The predicted octanol–water partition coefficient (Wildman–Crippen LogP) is 4.63. The molecule has 2 aromatic carbocycles. The average Bonchev–Trinajstić information content (AvgIpc) is 3.21. The third-order valence-electron chi connectivity index (χ3n) is 10.1. The fourth-order valence-corrected chi connectivity index (χ4v) is 9.70. The van der Waals surface area contributed by atoms with Crippen LogP contribution in [-0.4, -0.2) is 106 Å². The summed E-state index contributed by atoms with van der Waals surface area (Å²) >= 11 is 0. The van der Waals surface area contributed by atoms with Crippen molar-refractivity contribution in [2.75, 3.05) is 36.7 Å². The van der Waals surface area contributed by atoms with Crippen LogP contribution in [0.4, 0.5) is 11.4 Å². The number of sulfone groups is 1. The highest BCUT2D eigenvalue weighted by Gasteiger charge is 2.50. The zero-order valence-corrected chi connectivity index (χ0v) is 36.1. The number of carbonyl (C=O) groups excluding carboxylic acids is 6. The number of hydrogen-bond donors (Lipinski definition) is 2. The number of rotatable bonds is 19. The fraction of sp³-hybridized carbons (Fsp3) is 0.571. The van der Waals surface area contributed by atoms with Crippen molar-refractivity contribution < 1.29 is 66.0 Å². The van der Waals surface area contributed by atoms with Crippen LogP contribution in [0, 0.1) is 5.41 Å². The maximum Gasteiger partial charge on any atom is 0.303 e. The van der Waals surface area contributed by atoms with Gasteiger partial charge in [0.15, 0.2) is 28.1 Å². The molecule has 0 aliphatic carbocycles. The van der Waals surface area contributed by atoms with E-state index in [9.17, 15) is 42.3 Å². The second-order valence-corrected chi connectivity index (χ2v) is 17.1. The first-order chi connectivity index (χ1) is 27.7. The number of unbranched alkanes of at least 4 members (excludes halogenated alkanes) is 2. The summed E-state index contributed by atoms with van der Waals surface area (Å²) < 4.78 is 55.2. The van der Waals surface area contributed by atoms with Gasteiger partial charge in [-0.2, -0.15) is 0 Å². The predicted molar refractivity (Wildman–Crippen MR) is 216 cm³/mol. The van der Waals surface area contributed by atoms with E-state index in [0.717, 1.165) is 47.5 Å². The molecule has 1 amide bonds. The number of aliphatic hydroxyl groups is 1. The largest absolute Gasteiger partial charge is 0.462 e. The van der Waals surface area contributed by atoms with Gasteiger partial charge in [-0.3, -0.25) is 28.8 Å². The summed E-state index contributed by atoms with van der Waals surface area (Å²) in [4.78, 5) is 77.5. The Labute approximate surface area is 346 Å². The lowest BCUT2D eigenvalue weighted by Gasteiger charge is -2.40. The average molecular weight is 847 g/mol. The number of anilines is 2. The molecule has 0 aromatic heterocycles. The molecule has 1 aliphatic rings. The number of nitrogens with one attached hydrogen (secondary N) is 1. The van der Waals surface area contributed by atoms with Crippen molar-refractivity contribution in [2.45, 2.75) is 128 Å². The van der Waals surface area contributed by atoms with Gasteiger partial charge in [-0.15, -0.1) is 0 Å². The first-order valence-electron chi connectivity index (χ1n) is 19.6. The Kier molecular flexibility index (Phi) is 17.4. The lowest BCUT2D eigenvalue weighted by atomic mass is 9.68. The van der Waals surface area contributed by atoms with Crippen LogP contribution in [0.5, 0.6) is 0 Å². The molecule has 6 atom stereocenters. The molecular formula is C42H58N2O14S. The minimum atomic E-state index is -3.91. The van der Waals surface area contributed by atoms with E-state index in [-0.39, 0.29) is 16.3 Å². The summed E-state index contributed by atoms with van der Waals surface area (Å²) in [5.41, 5.74) is 0.669. The Morgan fingerprint density at radius 2 is 1.37 bits per heavy atom. The lowest BCUT2D eigenvalue weighted by molar-refractivity contribution is -0.202. The molecule has 0 spiro atoms. The second kappa shape index (κ2) is 21.3. The number of carbonyl (C=O) groups is 6. The van der Waals surface area contributed by atoms with Crippen LogP contribution in [-0.2, 0) is 62.3 Å². The van der Waals surface area contributed by atoms with Crippen LogP contribution in [0.1, 0.15) is 104 Å². The van der Waals surface area contributed by atoms with E-state index in [1.165, 1.54) is 6.07 Å². The van der Waals surface area contributed by atoms with E-state index in [4.69, 9.17) is 23.7 Å². The van der Waals surface area contributed by atoms with Crippen LogP contribution in [0.3, 0.4) is 0 Å². The van der Waals surface area contributed by atoms with E-state index >= 15 is 0 Å². The zero-order valence-electron chi connectivity index (χ0n) is 35.3. The van der Waals surface area contributed by atoms with Gasteiger partial charge in [0.1, 0.15) is 6.61 Å². The molecule has 0 saturated heterocycles. The monoisotopic (exact) mass is 846 g/mol. The molecule has 1 unspecified atom stereocenters. The number of ether oxygens (including phenoxy) is 5. The van der Waals surface area contributed by atoms with Crippen LogP contribution in [0.15, 0.2) is 47.4 Å². The Morgan fingerprint density at radius 3 is 1.90 bits per heavy atom. The molecule has 2 N–H and O–H groups in total. The SMILES string of the molecule is CCCCC1(CCCC)CS(=O)(=O)c2ccc(N(C)C)cc2C(c2cccc(NC(=O)[C@H](OC(C)=O)[C@@H](OC(C)=O)[C@H](OC(C)=O)[C@@H](COC(C)=O)OC(C)=O)c2)[C@H]1O. The number of amides is 1. The second-order valence-electron chi connectivity index (χ2n) is 15.1. The summed E-state index contributed by atoms with van der Waals surface area (Å²) in [6.07, 6.45) is -4.80. The van der Waals surface area contributed by atoms with Gasteiger partial charge in [0.05, 0.1) is 16.8 Å². The molecule has 16 nitrogen and oxygen atoms in total. The van der Waals surface area contributed by atoms with Gasteiger partial charge >= 0.3 is 29.8 Å². The first-order valence-corrected chi connectivity index (χ1v) is 21.3. The summed E-state index contributed by atoms with van der Waals surface area (Å²) in [6, 6.07) is 11.5. The quantitative estimate of drug-likeness (QED) is 0.146. The summed E-state index contributed by atoms with van der Waals surface area (Å²) in [6.45, 7) is 8.37. The fourth-order valence-electron chi connectivity index (χ4n) is 7.51. The van der Waals surface area contributed by atoms with Gasteiger partial charge in [-0.1, -0.05) is 51.7 Å². The number of nitrogens with zero attached hydrogens (tertiary/aromatic N) is 1. The third-order valence-corrected chi connectivity index (χ3v) is 12.1. The maximum atomic E-state index is 14.3.